The number of carbonyl (C=O) groups excluding carboxylic acids is 1. The number of fused-ring (bicyclic) bond motifs is 1. The molecule has 8 nitrogen and oxygen atoms in total. The van der Waals surface area contributed by atoms with Crippen LogP contribution in [-0.4, -0.2) is 52.3 Å². The summed E-state index contributed by atoms with van der Waals surface area (Å²) in [6.45, 7) is 4.14. The summed E-state index contributed by atoms with van der Waals surface area (Å²) in [6, 6.07) is 24.8. The molecule has 2 aromatic carbocycles. The summed E-state index contributed by atoms with van der Waals surface area (Å²) >= 11 is 0. The van der Waals surface area contributed by atoms with E-state index in [1.165, 1.54) is 11.1 Å². The van der Waals surface area contributed by atoms with Crippen LogP contribution >= 0.6 is 0 Å². The Morgan fingerprint density at radius 1 is 0.972 bits per heavy atom. The van der Waals surface area contributed by atoms with Crippen molar-refractivity contribution in [3.8, 4) is 0 Å². The highest BCUT2D eigenvalue weighted by Crippen LogP contribution is 2.26. The van der Waals surface area contributed by atoms with Crippen LogP contribution in [0.25, 0.3) is 0 Å². The molecule has 0 radical (unpaired) electrons. The molecule has 0 aliphatic carbocycles. The molecule has 2 aromatic heterocycles. The Balaban J connectivity index is 1.23. The van der Waals surface area contributed by atoms with E-state index in [1.54, 1.807) is 19.2 Å². The zero-order valence-corrected chi connectivity index (χ0v) is 20.5. The number of hydrogen-bond donors (Lipinski definition) is 1. The van der Waals surface area contributed by atoms with Crippen molar-refractivity contribution in [2.24, 2.45) is 0 Å². The number of benzene rings is 2. The highest BCUT2D eigenvalue weighted by atomic mass is 16.5. The first kappa shape index (κ1) is 24.0. The lowest BCUT2D eigenvalue weighted by molar-refractivity contribution is 0.0913. The predicted molar refractivity (Wildman–Crippen MR) is 135 cm³/mol. The molecule has 5 rings (SSSR count). The number of carbonyl (C=O) groups is 1. The van der Waals surface area contributed by atoms with Gasteiger partial charge in [-0.2, -0.15) is 0 Å². The van der Waals surface area contributed by atoms with Gasteiger partial charge in [0, 0.05) is 45.6 Å². The number of rotatable bonds is 9. The highest BCUT2D eigenvalue weighted by molar-refractivity contribution is 5.91. The summed E-state index contributed by atoms with van der Waals surface area (Å²) in [4.78, 5) is 15.0. The Bertz CT molecular complexity index is 1230. The van der Waals surface area contributed by atoms with Crippen LogP contribution in [-0.2, 0) is 30.9 Å². The molecule has 0 fully saturated rings. The van der Waals surface area contributed by atoms with Crippen molar-refractivity contribution < 1.29 is 13.9 Å². The molecule has 3 heterocycles. The van der Waals surface area contributed by atoms with Crippen LogP contribution < -0.4 is 5.32 Å². The molecule has 8 heteroatoms. The molecule has 0 unspecified atom stereocenters. The maximum atomic E-state index is 12.5. The lowest BCUT2D eigenvalue weighted by atomic mass is 9.90. The summed E-state index contributed by atoms with van der Waals surface area (Å²) in [5.74, 6) is 2.61. The summed E-state index contributed by atoms with van der Waals surface area (Å²) in [5.41, 5.74) is 2.64. The van der Waals surface area contributed by atoms with Crippen molar-refractivity contribution >= 4 is 5.91 Å². The smallest absolute Gasteiger partial charge is 0.287 e. The van der Waals surface area contributed by atoms with E-state index >= 15 is 0 Å². The van der Waals surface area contributed by atoms with Gasteiger partial charge in [0.1, 0.15) is 18.2 Å². The first-order chi connectivity index (χ1) is 17.7. The molecule has 186 valence electrons. The lowest BCUT2D eigenvalue weighted by Crippen LogP contribution is -2.32. The number of methoxy groups -OCH3 is 1. The van der Waals surface area contributed by atoms with Crippen molar-refractivity contribution in [1.82, 2.24) is 25.0 Å². The lowest BCUT2D eigenvalue weighted by Gasteiger charge is -2.27. The van der Waals surface area contributed by atoms with Crippen molar-refractivity contribution in [3.63, 3.8) is 0 Å². The quantitative estimate of drug-likeness (QED) is 0.390. The van der Waals surface area contributed by atoms with Crippen LogP contribution in [0.2, 0.25) is 0 Å². The highest BCUT2D eigenvalue weighted by Gasteiger charge is 2.23. The molecule has 1 amide bonds. The maximum Gasteiger partial charge on any atom is 0.287 e. The summed E-state index contributed by atoms with van der Waals surface area (Å²) < 4.78 is 12.7. The predicted octanol–water partition coefficient (Wildman–Crippen LogP) is 3.64. The van der Waals surface area contributed by atoms with Gasteiger partial charge in [0.05, 0.1) is 6.54 Å². The van der Waals surface area contributed by atoms with Crippen LogP contribution in [0.3, 0.4) is 0 Å². The van der Waals surface area contributed by atoms with Crippen LogP contribution in [0.4, 0.5) is 0 Å². The summed E-state index contributed by atoms with van der Waals surface area (Å²) in [7, 11) is 1.59. The van der Waals surface area contributed by atoms with Crippen LogP contribution in [0, 0.1) is 0 Å². The van der Waals surface area contributed by atoms with Gasteiger partial charge in [-0.1, -0.05) is 60.7 Å². The monoisotopic (exact) mass is 485 g/mol. The minimum atomic E-state index is -0.279. The second-order valence-corrected chi connectivity index (χ2v) is 8.99. The normalized spacial score (nSPS) is 13.9. The molecule has 1 aliphatic heterocycles. The Morgan fingerprint density at radius 2 is 1.69 bits per heavy atom. The number of furan rings is 1. The van der Waals surface area contributed by atoms with Gasteiger partial charge in [0.2, 0.25) is 0 Å². The second-order valence-electron chi connectivity index (χ2n) is 8.99. The Labute approximate surface area is 210 Å². The number of nitrogens with one attached hydrogen (secondary N) is 1. The van der Waals surface area contributed by atoms with Gasteiger partial charge in [0.25, 0.3) is 5.91 Å². The molecule has 0 atom stereocenters. The number of hydrogen-bond acceptors (Lipinski definition) is 6. The average Bonchev–Trinajstić information content (AvgIpc) is 3.50. The van der Waals surface area contributed by atoms with Gasteiger partial charge in [-0.3, -0.25) is 4.79 Å². The van der Waals surface area contributed by atoms with E-state index in [-0.39, 0.29) is 11.7 Å². The zero-order chi connectivity index (χ0) is 24.7. The first-order valence-corrected chi connectivity index (χ1v) is 12.3. The molecule has 4 aromatic rings. The summed E-state index contributed by atoms with van der Waals surface area (Å²) in [6.07, 6.45) is 0.815. The standard InChI is InChI=1S/C28H31N5O3/c1-35-20-23-12-13-25(36-23)28(34)29-18-27-31-30-26-14-15-32(16-17-33(26)27)19-24(21-8-4-2-5-9-21)22-10-6-3-7-11-22/h2-13,24H,14-20H2,1H3,(H,29,34). The fourth-order valence-corrected chi connectivity index (χ4v) is 4.74. The van der Waals surface area contributed by atoms with E-state index in [4.69, 9.17) is 9.15 Å². The SMILES string of the molecule is COCc1ccc(C(=O)NCc2nnc3n2CCN(CC(c2ccccc2)c2ccccc2)CC3)o1. The number of nitrogens with zero attached hydrogens (tertiary/aromatic N) is 4. The van der Waals surface area contributed by atoms with Gasteiger partial charge in [-0.25, -0.2) is 0 Å². The van der Waals surface area contributed by atoms with Crippen LogP contribution in [0.1, 0.15) is 45.0 Å². The molecular weight excluding hydrogens is 454 g/mol. The summed E-state index contributed by atoms with van der Waals surface area (Å²) in [5, 5.41) is 11.7. The van der Waals surface area contributed by atoms with Gasteiger partial charge in [-0.15, -0.1) is 10.2 Å². The Morgan fingerprint density at radius 3 is 2.39 bits per heavy atom. The number of aromatic nitrogens is 3. The van der Waals surface area contributed by atoms with Crippen molar-refractivity contribution in [2.75, 3.05) is 26.7 Å². The van der Waals surface area contributed by atoms with E-state index in [0.29, 0.717) is 24.8 Å². The fourth-order valence-electron chi connectivity index (χ4n) is 4.74. The van der Waals surface area contributed by atoms with Gasteiger partial charge in [-0.05, 0) is 23.3 Å². The van der Waals surface area contributed by atoms with Gasteiger partial charge >= 0.3 is 0 Å². The van der Waals surface area contributed by atoms with Crippen molar-refractivity contribution in [2.45, 2.75) is 32.0 Å². The third kappa shape index (κ3) is 5.56. The molecule has 1 N–H and O–H groups in total. The molecular formula is C28H31N5O3. The van der Waals surface area contributed by atoms with E-state index in [0.717, 1.165) is 44.2 Å². The van der Waals surface area contributed by atoms with Crippen LogP contribution in [0.15, 0.2) is 77.2 Å². The van der Waals surface area contributed by atoms with Crippen LogP contribution in [0.5, 0.6) is 0 Å². The minimum Gasteiger partial charge on any atom is -0.453 e. The van der Waals surface area contributed by atoms with E-state index in [9.17, 15) is 4.79 Å². The molecule has 0 saturated carbocycles. The second kappa shape index (κ2) is 11.3. The van der Waals surface area contributed by atoms with Crippen molar-refractivity contribution in [1.29, 1.82) is 0 Å². The molecule has 0 saturated heterocycles. The third-order valence-corrected chi connectivity index (χ3v) is 6.62. The largest absolute Gasteiger partial charge is 0.453 e. The van der Waals surface area contributed by atoms with E-state index in [2.05, 4.69) is 85.6 Å². The first-order valence-electron chi connectivity index (χ1n) is 12.3. The Kier molecular flexibility index (Phi) is 7.54. The molecule has 36 heavy (non-hydrogen) atoms. The minimum absolute atomic E-state index is 0.261. The fraction of sp³-hybridized carbons (Fsp3) is 0.321. The van der Waals surface area contributed by atoms with Gasteiger partial charge in [0.15, 0.2) is 11.6 Å². The van der Waals surface area contributed by atoms with E-state index < -0.39 is 0 Å². The zero-order valence-electron chi connectivity index (χ0n) is 20.5. The Hall–Kier alpha value is -3.75. The molecule has 0 bridgehead atoms. The van der Waals surface area contributed by atoms with E-state index in [1.807, 2.05) is 0 Å². The van der Waals surface area contributed by atoms with Crippen molar-refractivity contribution in [3.05, 3.63) is 107 Å². The average molecular weight is 486 g/mol. The number of ether oxygens (including phenoxy) is 1. The topological polar surface area (TPSA) is 85.4 Å². The molecule has 0 spiro atoms. The maximum absolute atomic E-state index is 12.5. The number of amides is 1. The van der Waals surface area contributed by atoms with Gasteiger partial charge < -0.3 is 23.9 Å². The molecule has 1 aliphatic rings. The third-order valence-electron chi connectivity index (χ3n) is 6.62.